The van der Waals surface area contributed by atoms with Gasteiger partial charge in [0, 0.05) is 22.3 Å². The van der Waals surface area contributed by atoms with Crippen LogP contribution in [-0.4, -0.2) is 36.5 Å². The third kappa shape index (κ3) is 3.39. The minimum absolute atomic E-state index is 0.0243. The Bertz CT molecular complexity index is 1380. The van der Waals surface area contributed by atoms with Gasteiger partial charge in [-0.3, -0.25) is 5.10 Å². The number of nitrogens with zero attached hydrogens (tertiary/aromatic N) is 3. The van der Waals surface area contributed by atoms with Crippen molar-refractivity contribution in [2.45, 2.75) is 64.0 Å². The highest BCUT2D eigenvalue weighted by Crippen LogP contribution is 2.46. The normalized spacial score (nSPS) is 21.3. The molecule has 0 saturated heterocycles. The van der Waals surface area contributed by atoms with Crippen LogP contribution in [0.15, 0.2) is 30.5 Å². The summed E-state index contributed by atoms with van der Waals surface area (Å²) in [6, 6.07) is 7.07. The highest BCUT2D eigenvalue weighted by molar-refractivity contribution is 5.93. The monoisotopic (exact) mass is 452 g/mol. The Morgan fingerprint density at radius 3 is 2.64 bits per heavy atom. The number of hydrogen-bond donors (Lipinski definition) is 2. The second-order valence-electron chi connectivity index (χ2n) is 9.43. The summed E-state index contributed by atoms with van der Waals surface area (Å²) in [5.74, 6) is -1.57. The number of fused-ring (bicyclic) bond motifs is 2. The van der Waals surface area contributed by atoms with Gasteiger partial charge in [0.15, 0.2) is 5.65 Å². The van der Waals surface area contributed by atoms with E-state index in [1.165, 1.54) is 6.07 Å². The molecule has 0 amide bonds. The minimum atomic E-state index is -2.18. The van der Waals surface area contributed by atoms with Gasteiger partial charge in [0.25, 0.3) is 0 Å². The lowest BCUT2D eigenvalue weighted by atomic mass is 9.76. The molecule has 0 aliphatic heterocycles. The SMILES string of the molecule is Cc1cc(-n2c(C(C)C)c([C@H]3CC[C@](F)(C(=O)O)CC3)c3nc4[nH]ncc4cc32)ccc1F. The van der Waals surface area contributed by atoms with E-state index in [9.17, 15) is 18.7 Å². The van der Waals surface area contributed by atoms with E-state index in [1.54, 1.807) is 19.2 Å². The molecule has 33 heavy (non-hydrogen) atoms. The maximum Gasteiger partial charge on any atom is 0.341 e. The number of nitrogens with one attached hydrogen (secondary N) is 1. The quantitative estimate of drug-likeness (QED) is 0.402. The molecule has 2 N–H and O–H groups in total. The number of rotatable bonds is 4. The molecular formula is C25H26F2N4O2. The Labute approximate surface area is 189 Å². The van der Waals surface area contributed by atoms with Gasteiger partial charge in [-0.25, -0.2) is 18.6 Å². The van der Waals surface area contributed by atoms with E-state index in [0.717, 1.165) is 33.4 Å². The lowest BCUT2D eigenvalue weighted by Gasteiger charge is -2.31. The number of carbonyl (C=O) groups is 1. The van der Waals surface area contributed by atoms with Crippen molar-refractivity contribution in [2.75, 3.05) is 0 Å². The van der Waals surface area contributed by atoms with E-state index < -0.39 is 11.6 Å². The average molecular weight is 453 g/mol. The first kappa shape index (κ1) is 21.6. The molecule has 1 aliphatic rings. The van der Waals surface area contributed by atoms with Crippen LogP contribution in [0.1, 0.15) is 68.2 Å². The summed E-state index contributed by atoms with van der Waals surface area (Å²) in [6.07, 6.45) is 2.51. The zero-order chi connectivity index (χ0) is 23.5. The Balaban J connectivity index is 1.77. The Kier molecular flexibility index (Phi) is 4.99. The van der Waals surface area contributed by atoms with Crippen molar-refractivity contribution in [3.8, 4) is 5.69 Å². The molecule has 5 rings (SSSR count). The number of aliphatic carboxylic acids is 1. The van der Waals surface area contributed by atoms with Gasteiger partial charge >= 0.3 is 5.97 Å². The van der Waals surface area contributed by atoms with E-state index in [-0.39, 0.29) is 30.5 Å². The molecule has 172 valence electrons. The maximum absolute atomic E-state index is 14.8. The summed E-state index contributed by atoms with van der Waals surface area (Å²) < 4.78 is 31.0. The molecule has 1 saturated carbocycles. The summed E-state index contributed by atoms with van der Waals surface area (Å²) in [4.78, 5) is 16.3. The number of hydrogen-bond acceptors (Lipinski definition) is 3. The first-order chi connectivity index (χ1) is 15.7. The standard InChI is InChI=1S/C25H26F2N4O2/c1-13(2)22-20(15-6-8-25(27,9-7-15)24(32)33)21-19(11-16-12-28-30-23(16)29-21)31(22)17-4-5-18(26)14(3)10-17/h4-5,10-13,15H,6-9H2,1-3H3,(H,32,33)(H,28,29,30)/t15-,25+. The lowest BCUT2D eigenvalue weighted by Crippen LogP contribution is -2.37. The van der Waals surface area contributed by atoms with Crippen LogP contribution in [0.5, 0.6) is 0 Å². The van der Waals surface area contributed by atoms with Crippen molar-refractivity contribution in [1.29, 1.82) is 0 Å². The number of carboxylic acid groups (broad SMARTS) is 1. The molecule has 1 aliphatic carbocycles. The number of benzene rings is 1. The van der Waals surface area contributed by atoms with Gasteiger partial charge in [-0.15, -0.1) is 0 Å². The molecule has 6 nitrogen and oxygen atoms in total. The van der Waals surface area contributed by atoms with E-state index >= 15 is 0 Å². The number of H-pyrrole nitrogens is 1. The molecule has 1 fully saturated rings. The van der Waals surface area contributed by atoms with Crippen LogP contribution < -0.4 is 0 Å². The van der Waals surface area contributed by atoms with Gasteiger partial charge in [0.05, 0.1) is 17.2 Å². The summed E-state index contributed by atoms with van der Waals surface area (Å²) >= 11 is 0. The first-order valence-corrected chi connectivity index (χ1v) is 11.3. The fourth-order valence-electron chi connectivity index (χ4n) is 5.20. The molecule has 8 heteroatoms. The predicted molar refractivity (Wildman–Crippen MR) is 122 cm³/mol. The second kappa shape index (κ2) is 7.64. The molecule has 4 aromatic rings. The zero-order valence-corrected chi connectivity index (χ0v) is 18.8. The third-order valence-corrected chi connectivity index (χ3v) is 6.94. The summed E-state index contributed by atoms with van der Waals surface area (Å²) in [6.45, 7) is 5.93. The van der Waals surface area contributed by atoms with E-state index in [1.807, 2.05) is 12.1 Å². The molecule has 0 atom stereocenters. The van der Waals surface area contributed by atoms with Gasteiger partial charge in [0.1, 0.15) is 5.82 Å². The van der Waals surface area contributed by atoms with E-state index in [2.05, 4.69) is 28.6 Å². The van der Waals surface area contributed by atoms with Crippen molar-refractivity contribution >= 4 is 28.0 Å². The van der Waals surface area contributed by atoms with Crippen LogP contribution in [0.2, 0.25) is 0 Å². The predicted octanol–water partition coefficient (Wildman–Crippen LogP) is 5.92. The van der Waals surface area contributed by atoms with Gasteiger partial charge < -0.3 is 9.67 Å². The fourth-order valence-corrected chi connectivity index (χ4v) is 5.20. The van der Waals surface area contributed by atoms with Gasteiger partial charge in [-0.05, 0) is 74.3 Å². The second-order valence-corrected chi connectivity index (χ2v) is 9.43. The van der Waals surface area contributed by atoms with Crippen LogP contribution in [0, 0.1) is 12.7 Å². The van der Waals surface area contributed by atoms with Crippen LogP contribution in [0.4, 0.5) is 8.78 Å². The molecular weight excluding hydrogens is 426 g/mol. The minimum Gasteiger partial charge on any atom is -0.479 e. The van der Waals surface area contributed by atoms with Gasteiger partial charge in [0.2, 0.25) is 5.67 Å². The molecule has 3 aromatic heterocycles. The Morgan fingerprint density at radius 2 is 2.00 bits per heavy atom. The van der Waals surface area contributed by atoms with Crippen LogP contribution in [0.25, 0.3) is 27.8 Å². The van der Waals surface area contributed by atoms with Crippen molar-refractivity contribution < 1.29 is 18.7 Å². The smallest absolute Gasteiger partial charge is 0.341 e. The molecule has 0 spiro atoms. The molecule has 0 bridgehead atoms. The fraction of sp³-hybridized carbons (Fsp3) is 0.400. The third-order valence-electron chi connectivity index (χ3n) is 6.94. The number of halogens is 2. The van der Waals surface area contributed by atoms with E-state index in [4.69, 9.17) is 4.98 Å². The average Bonchev–Trinajstić information content (AvgIpc) is 3.36. The van der Waals surface area contributed by atoms with Crippen molar-refractivity contribution in [1.82, 2.24) is 19.7 Å². The lowest BCUT2D eigenvalue weighted by molar-refractivity contribution is -0.153. The van der Waals surface area contributed by atoms with Crippen molar-refractivity contribution in [3.63, 3.8) is 0 Å². The topological polar surface area (TPSA) is 83.8 Å². The Morgan fingerprint density at radius 1 is 1.27 bits per heavy atom. The summed E-state index contributed by atoms with van der Waals surface area (Å²) in [5.41, 5.74) is 3.59. The highest BCUT2D eigenvalue weighted by Gasteiger charge is 2.44. The Hall–Kier alpha value is -3.29. The largest absolute Gasteiger partial charge is 0.479 e. The maximum atomic E-state index is 14.8. The number of carboxylic acids is 1. The van der Waals surface area contributed by atoms with E-state index in [0.29, 0.717) is 24.1 Å². The molecule has 0 unspecified atom stereocenters. The number of aromatic amines is 1. The first-order valence-electron chi connectivity index (χ1n) is 11.3. The van der Waals surface area contributed by atoms with Crippen molar-refractivity contribution in [3.05, 3.63) is 53.1 Å². The van der Waals surface area contributed by atoms with Crippen LogP contribution >= 0.6 is 0 Å². The number of alkyl halides is 1. The zero-order valence-electron chi connectivity index (χ0n) is 18.8. The number of pyridine rings is 1. The highest BCUT2D eigenvalue weighted by atomic mass is 19.1. The summed E-state index contributed by atoms with van der Waals surface area (Å²) in [5, 5.41) is 17.2. The molecule has 3 heterocycles. The van der Waals surface area contributed by atoms with Crippen molar-refractivity contribution in [2.24, 2.45) is 0 Å². The molecule has 1 aromatic carbocycles. The van der Waals surface area contributed by atoms with Gasteiger partial charge in [-0.2, -0.15) is 5.10 Å². The van der Waals surface area contributed by atoms with Crippen LogP contribution in [-0.2, 0) is 4.79 Å². The number of aryl methyl sites for hydroxylation is 1. The van der Waals surface area contributed by atoms with Crippen LogP contribution in [0.3, 0.4) is 0 Å². The molecule has 0 radical (unpaired) electrons. The van der Waals surface area contributed by atoms with Gasteiger partial charge in [-0.1, -0.05) is 13.8 Å². The number of aromatic nitrogens is 4. The summed E-state index contributed by atoms with van der Waals surface area (Å²) in [7, 11) is 0.